The molecule has 2 aliphatic rings. The number of hydrogen-bond acceptors (Lipinski definition) is 3. The highest BCUT2D eigenvalue weighted by Gasteiger charge is 2.36. The van der Waals surface area contributed by atoms with Gasteiger partial charge in [-0.2, -0.15) is 0 Å². The van der Waals surface area contributed by atoms with E-state index in [2.05, 4.69) is 22.9 Å². The molecule has 1 aromatic rings. The van der Waals surface area contributed by atoms with Gasteiger partial charge in [0, 0.05) is 31.0 Å². The topological polar surface area (TPSA) is 42.1 Å². The molecule has 20 heavy (non-hydrogen) atoms. The fourth-order valence-electron chi connectivity index (χ4n) is 4.32. The van der Waals surface area contributed by atoms with E-state index in [1.807, 2.05) is 12.4 Å². The van der Waals surface area contributed by atoms with Crippen LogP contribution in [-0.2, 0) is 0 Å². The SMILES string of the molecule is Cc1ccncc1C(CN)N1CCC[C@H]2CCCC[C@H]21. The summed E-state index contributed by atoms with van der Waals surface area (Å²) < 4.78 is 0. The highest BCUT2D eigenvalue weighted by Crippen LogP contribution is 2.39. The molecule has 1 aliphatic carbocycles. The predicted molar refractivity (Wildman–Crippen MR) is 82.5 cm³/mol. The molecule has 0 spiro atoms. The van der Waals surface area contributed by atoms with Crippen LogP contribution in [0.4, 0.5) is 0 Å². The van der Waals surface area contributed by atoms with Crippen LogP contribution in [0.3, 0.4) is 0 Å². The molecule has 2 N–H and O–H groups in total. The van der Waals surface area contributed by atoms with E-state index in [0.717, 1.165) is 12.0 Å². The molecular formula is C17H27N3. The third kappa shape index (κ3) is 2.61. The summed E-state index contributed by atoms with van der Waals surface area (Å²) in [5.74, 6) is 0.906. The summed E-state index contributed by atoms with van der Waals surface area (Å²) in [6, 6.07) is 3.22. The van der Waals surface area contributed by atoms with Crippen molar-refractivity contribution in [2.45, 2.75) is 57.5 Å². The lowest BCUT2D eigenvalue weighted by atomic mass is 9.77. The lowest BCUT2D eigenvalue weighted by Crippen LogP contribution is -2.50. The van der Waals surface area contributed by atoms with E-state index < -0.39 is 0 Å². The quantitative estimate of drug-likeness (QED) is 0.920. The number of nitrogens with zero attached hydrogens (tertiary/aromatic N) is 2. The van der Waals surface area contributed by atoms with Crippen molar-refractivity contribution in [3.8, 4) is 0 Å². The maximum Gasteiger partial charge on any atom is 0.0491 e. The minimum absolute atomic E-state index is 0.356. The summed E-state index contributed by atoms with van der Waals surface area (Å²) >= 11 is 0. The summed E-state index contributed by atoms with van der Waals surface area (Å²) in [5.41, 5.74) is 8.82. The van der Waals surface area contributed by atoms with Gasteiger partial charge in [-0.3, -0.25) is 9.88 Å². The molecule has 3 rings (SSSR count). The van der Waals surface area contributed by atoms with Gasteiger partial charge in [-0.1, -0.05) is 12.8 Å². The summed E-state index contributed by atoms with van der Waals surface area (Å²) in [5, 5.41) is 0. The van der Waals surface area contributed by atoms with Gasteiger partial charge >= 0.3 is 0 Å². The molecule has 2 heterocycles. The third-order valence-corrected chi connectivity index (χ3v) is 5.35. The predicted octanol–water partition coefficient (Wildman–Crippen LogP) is 3.04. The number of hydrogen-bond donors (Lipinski definition) is 1. The van der Waals surface area contributed by atoms with Crippen LogP contribution in [0.5, 0.6) is 0 Å². The number of rotatable bonds is 3. The van der Waals surface area contributed by atoms with Crippen LogP contribution < -0.4 is 5.73 Å². The smallest absolute Gasteiger partial charge is 0.0491 e. The number of aromatic nitrogens is 1. The molecule has 0 amide bonds. The highest BCUT2D eigenvalue weighted by molar-refractivity contribution is 5.26. The van der Waals surface area contributed by atoms with Gasteiger partial charge in [0.15, 0.2) is 0 Å². The molecule has 0 bridgehead atoms. The van der Waals surface area contributed by atoms with Crippen LogP contribution in [0.25, 0.3) is 0 Å². The molecule has 1 unspecified atom stereocenters. The molecule has 2 fully saturated rings. The Morgan fingerprint density at radius 1 is 1.30 bits per heavy atom. The van der Waals surface area contributed by atoms with E-state index in [0.29, 0.717) is 12.6 Å². The van der Waals surface area contributed by atoms with E-state index in [-0.39, 0.29) is 0 Å². The van der Waals surface area contributed by atoms with Gasteiger partial charge in [0.1, 0.15) is 0 Å². The Labute approximate surface area is 122 Å². The summed E-state index contributed by atoms with van der Waals surface area (Å²) in [7, 11) is 0. The molecule has 3 nitrogen and oxygen atoms in total. The van der Waals surface area contributed by atoms with E-state index in [4.69, 9.17) is 5.73 Å². The minimum Gasteiger partial charge on any atom is -0.329 e. The average molecular weight is 273 g/mol. The largest absolute Gasteiger partial charge is 0.329 e. The zero-order valence-corrected chi connectivity index (χ0v) is 12.6. The van der Waals surface area contributed by atoms with E-state index in [1.165, 1.54) is 56.2 Å². The third-order valence-electron chi connectivity index (χ3n) is 5.35. The van der Waals surface area contributed by atoms with Crippen molar-refractivity contribution < 1.29 is 0 Å². The first kappa shape index (κ1) is 14.0. The van der Waals surface area contributed by atoms with Gasteiger partial charge in [0.25, 0.3) is 0 Å². The van der Waals surface area contributed by atoms with Gasteiger partial charge in [-0.25, -0.2) is 0 Å². The first-order valence-corrected chi connectivity index (χ1v) is 8.17. The second-order valence-electron chi connectivity index (χ2n) is 6.48. The molecule has 3 heteroatoms. The van der Waals surface area contributed by atoms with Crippen molar-refractivity contribution in [2.24, 2.45) is 11.7 Å². The van der Waals surface area contributed by atoms with Crippen LogP contribution in [-0.4, -0.2) is 29.0 Å². The van der Waals surface area contributed by atoms with Crippen LogP contribution in [0, 0.1) is 12.8 Å². The minimum atomic E-state index is 0.356. The second kappa shape index (κ2) is 6.23. The first-order chi connectivity index (χ1) is 9.81. The Bertz CT molecular complexity index is 444. The monoisotopic (exact) mass is 273 g/mol. The van der Waals surface area contributed by atoms with Crippen LogP contribution >= 0.6 is 0 Å². The maximum atomic E-state index is 6.16. The number of nitrogens with two attached hydrogens (primary N) is 1. The molecule has 3 atom stereocenters. The Kier molecular flexibility index (Phi) is 4.37. The van der Waals surface area contributed by atoms with Crippen molar-refractivity contribution in [3.05, 3.63) is 29.6 Å². The lowest BCUT2D eigenvalue weighted by Gasteiger charge is -2.47. The van der Waals surface area contributed by atoms with Gasteiger partial charge in [0.2, 0.25) is 0 Å². The van der Waals surface area contributed by atoms with Gasteiger partial charge < -0.3 is 5.73 Å². The molecule has 110 valence electrons. The average Bonchev–Trinajstić information content (AvgIpc) is 2.50. The highest BCUT2D eigenvalue weighted by atomic mass is 15.2. The summed E-state index contributed by atoms with van der Waals surface area (Å²) in [4.78, 5) is 7.04. The molecular weight excluding hydrogens is 246 g/mol. The fraction of sp³-hybridized carbons (Fsp3) is 0.706. The Morgan fingerprint density at radius 3 is 2.90 bits per heavy atom. The lowest BCUT2D eigenvalue weighted by molar-refractivity contribution is 0.0273. The Morgan fingerprint density at radius 2 is 2.10 bits per heavy atom. The molecule has 1 saturated carbocycles. The van der Waals surface area contributed by atoms with Crippen molar-refractivity contribution in [3.63, 3.8) is 0 Å². The molecule has 1 aromatic heterocycles. The number of likely N-dealkylation sites (tertiary alicyclic amines) is 1. The fourth-order valence-corrected chi connectivity index (χ4v) is 4.32. The standard InChI is InChI=1S/C17H27N3/c1-13-8-9-19-12-15(13)17(11-18)20-10-4-6-14-5-2-3-7-16(14)20/h8-9,12,14,16-17H,2-7,10-11,18H2,1H3/t14-,16-,17?/m1/s1. The normalized spacial score (nSPS) is 28.9. The maximum absolute atomic E-state index is 6.16. The van der Waals surface area contributed by atoms with Gasteiger partial charge in [-0.05, 0) is 62.3 Å². The van der Waals surface area contributed by atoms with Crippen LogP contribution in [0.2, 0.25) is 0 Å². The van der Waals surface area contributed by atoms with Crippen molar-refractivity contribution in [2.75, 3.05) is 13.1 Å². The van der Waals surface area contributed by atoms with Gasteiger partial charge in [-0.15, -0.1) is 0 Å². The summed E-state index contributed by atoms with van der Waals surface area (Å²) in [6.45, 7) is 4.09. The van der Waals surface area contributed by atoms with E-state index in [1.54, 1.807) is 0 Å². The van der Waals surface area contributed by atoms with Crippen molar-refractivity contribution >= 4 is 0 Å². The molecule has 1 saturated heterocycles. The molecule has 0 radical (unpaired) electrons. The second-order valence-corrected chi connectivity index (χ2v) is 6.48. The number of piperidine rings is 1. The number of aryl methyl sites for hydroxylation is 1. The van der Waals surface area contributed by atoms with Gasteiger partial charge in [0.05, 0.1) is 0 Å². The molecule has 1 aliphatic heterocycles. The van der Waals surface area contributed by atoms with Crippen LogP contribution in [0.1, 0.15) is 55.7 Å². The number of fused-ring (bicyclic) bond motifs is 1. The Hall–Kier alpha value is -0.930. The van der Waals surface area contributed by atoms with Crippen molar-refractivity contribution in [1.29, 1.82) is 0 Å². The van der Waals surface area contributed by atoms with E-state index >= 15 is 0 Å². The summed E-state index contributed by atoms with van der Waals surface area (Å²) in [6.07, 6.45) is 12.3. The zero-order valence-electron chi connectivity index (χ0n) is 12.6. The van der Waals surface area contributed by atoms with Crippen molar-refractivity contribution in [1.82, 2.24) is 9.88 Å². The van der Waals surface area contributed by atoms with E-state index in [9.17, 15) is 0 Å². The first-order valence-electron chi connectivity index (χ1n) is 8.17. The Balaban J connectivity index is 1.86. The zero-order chi connectivity index (χ0) is 13.9. The molecule has 0 aromatic carbocycles. The number of pyridine rings is 1. The van der Waals surface area contributed by atoms with Crippen LogP contribution in [0.15, 0.2) is 18.5 Å².